The number of imide groups is 1. The molecule has 0 radical (unpaired) electrons. The van der Waals surface area contributed by atoms with Crippen LogP contribution in [0.2, 0.25) is 5.02 Å². The molecule has 2 amide bonds. The maximum atomic E-state index is 13.5. The number of halogens is 1. The van der Waals surface area contributed by atoms with Gasteiger partial charge in [0, 0.05) is 18.1 Å². The molecule has 0 saturated carbocycles. The number of nitrogens with zero attached hydrogens (tertiary/aromatic N) is 2. The summed E-state index contributed by atoms with van der Waals surface area (Å²) in [5, 5.41) is 0.546. The fraction of sp³-hybridized carbons (Fsp3) is 0.333. The van der Waals surface area contributed by atoms with Gasteiger partial charge >= 0.3 is 0 Å². The molecule has 1 unspecified atom stereocenters. The zero-order valence-electron chi connectivity index (χ0n) is 17.2. The molecule has 156 valence electrons. The number of hydrogen-bond donors (Lipinski definition) is 0. The Morgan fingerprint density at radius 2 is 1.80 bits per heavy atom. The highest BCUT2D eigenvalue weighted by Crippen LogP contribution is 2.35. The van der Waals surface area contributed by atoms with E-state index in [1.54, 1.807) is 13.2 Å². The van der Waals surface area contributed by atoms with Crippen molar-refractivity contribution in [3.8, 4) is 5.75 Å². The van der Waals surface area contributed by atoms with Crippen LogP contribution in [0.5, 0.6) is 5.75 Å². The SMILES string of the molecule is COc1ccc(C2=C(N3CCCC(C)C3)C(=O)N(Cc3ccccc3Cl)C2=O)cc1. The Balaban J connectivity index is 1.74. The standard InChI is InChI=1S/C24H25ClN2O3/c1-16-6-5-13-26(14-16)22-21(17-9-11-19(30-2)12-10-17)23(28)27(24(22)29)15-18-7-3-4-8-20(18)25/h3-4,7-12,16H,5-6,13-15H2,1-2H3. The smallest absolute Gasteiger partial charge is 0.278 e. The van der Waals surface area contributed by atoms with Gasteiger partial charge in [-0.15, -0.1) is 0 Å². The first-order chi connectivity index (χ1) is 14.5. The molecule has 1 atom stereocenters. The molecule has 30 heavy (non-hydrogen) atoms. The largest absolute Gasteiger partial charge is 0.497 e. The minimum absolute atomic E-state index is 0.157. The lowest BCUT2D eigenvalue weighted by atomic mass is 9.98. The maximum absolute atomic E-state index is 13.5. The lowest BCUT2D eigenvalue weighted by Crippen LogP contribution is -2.39. The number of carbonyl (C=O) groups excluding carboxylic acids is 2. The molecule has 0 spiro atoms. The first kappa shape index (κ1) is 20.5. The summed E-state index contributed by atoms with van der Waals surface area (Å²) in [6, 6.07) is 14.6. The monoisotopic (exact) mass is 424 g/mol. The van der Waals surface area contributed by atoms with Gasteiger partial charge in [0.25, 0.3) is 11.8 Å². The Kier molecular flexibility index (Phi) is 5.82. The van der Waals surface area contributed by atoms with Crippen molar-refractivity contribution in [2.45, 2.75) is 26.3 Å². The van der Waals surface area contributed by atoms with Crippen LogP contribution in [0.25, 0.3) is 5.57 Å². The van der Waals surface area contributed by atoms with Crippen LogP contribution in [0.1, 0.15) is 30.9 Å². The third-order valence-electron chi connectivity index (χ3n) is 5.78. The first-order valence-electron chi connectivity index (χ1n) is 10.2. The Morgan fingerprint density at radius 1 is 1.07 bits per heavy atom. The molecule has 2 aromatic carbocycles. The number of rotatable bonds is 5. The van der Waals surface area contributed by atoms with Gasteiger partial charge < -0.3 is 9.64 Å². The average molecular weight is 425 g/mol. The Morgan fingerprint density at radius 3 is 2.47 bits per heavy atom. The van der Waals surface area contributed by atoms with Gasteiger partial charge in [-0.2, -0.15) is 0 Å². The van der Waals surface area contributed by atoms with E-state index in [2.05, 4.69) is 11.8 Å². The predicted octanol–water partition coefficient (Wildman–Crippen LogP) is 4.36. The molecule has 6 heteroatoms. The van der Waals surface area contributed by atoms with E-state index in [1.165, 1.54) is 4.90 Å². The molecule has 2 heterocycles. The average Bonchev–Trinajstić information content (AvgIpc) is 3.00. The summed E-state index contributed by atoms with van der Waals surface area (Å²) < 4.78 is 5.25. The lowest BCUT2D eigenvalue weighted by Gasteiger charge is -2.33. The van der Waals surface area contributed by atoms with Crippen LogP contribution in [0.15, 0.2) is 54.2 Å². The van der Waals surface area contributed by atoms with E-state index in [0.717, 1.165) is 37.1 Å². The summed E-state index contributed by atoms with van der Waals surface area (Å²) in [5.41, 5.74) is 2.44. The van der Waals surface area contributed by atoms with Crippen LogP contribution >= 0.6 is 11.6 Å². The first-order valence-corrected chi connectivity index (χ1v) is 10.6. The van der Waals surface area contributed by atoms with Crippen molar-refractivity contribution in [1.29, 1.82) is 0 Å². The zero-order chi connectivity index (χ0) is 21.3. The number of ether oxygens (including phenoxy) is 1. The highest BCUT2D eigenvalue weighted by atomic mass is 35.5. The van der Waals surface area contributed by atoms with Gasteiger partial charge in [0.05, 0.1) is 19.2 Å². The van der Waals surface area contributed by atoms with Gasteiger partial charge in [-0.3, -0.25) is 14.5 Å². The molecule has 0 aliphatic carbocycles. The molecule has 1 fully saturated rings. The quantitative estimate of drug-likeness (QED) is 0.669. The van der Waals surface area contributed by atoms with Gasteiger partial charge in [-0.25, -0.2) is 0 Å². The van der Waals surface area contributed by atoms with Gasteiger partial charge in [0.2, 0.25) is 0 Å². The molecule has 0 aromatic heterocycles. The van der Waals surface area contributed by atoms with E-state index in [9.17, 15) is 9.59 Å². The van der Waals surface area contributed by atoms with E-state index in [0.29, 0.717) is 28.0 Å². The number of likely N-dealkylation sites (tertiary alicyclic amines) is 1. The van der Waals surface area contributed by atoms with Gasteiger partial charge in [-0.1, -0.05) is 48.9 Å². The lowest BCUT2D eigenvalue weighted by molar-refractivity contribution is -0.138. The summed E-state index contributed by atoms with van der Waals surface area (Å²) in [7, 11) is 1.60. The van der Waals surface area contributed by atoms with E-state index < -0.39 is 0 Å². The third kappa shape index (κ3) is 3.82. The Labute approximate surface area is 181 Å². The van der Waals surface area contributed by atoms with Crippen LogP contribution in [0, 0.1) is 5.92 Å². The number of piperidine rings is 1. The number of benzene rings is 2. The minimum atomic E-state index is -0.279. The Hall–Kier alpha value is -2.79. The predicted molar refractivity (Wildman–Crippen MR) is 117 cm³/mol. The number of carbonyl (C=O) groups is 2. The molecule has 1 saturated heterocycles. The molecular formula is C24H25ClN2O3. The van der Waals surface area contributed by atoms with Crippen molar-refractivity contribution in [2.75, 3.05) is 20.2 Å². The van der Waals surface area contributed by atoms with Gasteiger partial charge in [0.15, 0.2) is 0 Å². The third-order valence-corrected chi connectivity index (χ3v) is 6.15. The van der Waals surface area contributed by atoms with Crippen molar-refractivity contribution < 1.29 is 14.3 Å². The summed E-state index contributed by atoms with van der Waals surface area (Å²) in [6.45, 7) is 3.89. The van der Waals surface area contributed by atoms with Crippen molar-refractivity contribution in [2.24, 2.45) is 5.92 Å². The number of methoxy groups -OCH3 is 1. The van der Waals surface area contributed by atoms with Crippen LogP contribution in [0.3, 0.4) is 0 Å². The van der Waals surface area contributed by atoms with Crippen molar-refractivity contribution in [3.63, 3.8) is 0 Å². The van der Waals surface area contributed by atoms with Crippen molar-refractivity contribution in [1.82, 2.24) is 9.80 Å². The normalized spacial score (nSPS) is 19.6. The molecule has 4 rings (SSSR count). The fourth-order valence-electron chi connectivity index (χ4n) is 4.21. The second kappa shape index (κ2) is 8.52. The van der Waals surface area contributed by atoms with E-state index in [1.807, 2.05) is 42.5 Å². The van der Waals surface area contributed by atoms with Crippen LogP contribution < -0.4 is 4.74 Å². The molecule has 5 nitrogen and oxygen atoms in total. The highest BCUT2D eigenvalue weighted by Gasteiger charge is 2.42. The summed E-state index contributed by atoms with van der Waals surface area (Å²) in [5.74, 6) is 0.652. The molecule has 0 N–H and O–H groups in total. The highest BCUT2D eigenvalue weighted by molar-refractivity contribution is 6.35. The van der Waals surface area contributed by atoms with Crippen LogP contribution in [-0.4, -0.2) is 41.8 Å². The van der Waals surface area contributed by atoms with Crippen molar-refractivity contribution >= 4 is 29.0 Å². The maximum Gasteiger partial charge on any atom is 0.278 e. The van der Waals surface area contributed by atoms with E-state index in [4.69, 9.17) is 16.3 Å². The summed E-state index contributed by atoms with van der Waals surface area (Å²) in [4.78, 5) is 30.3. The molecule has 2 aromatic rings. The van der Waals surface area contributed by atoms with Gasteiger partial charge in [-0.05, 0) is 48.1 Å². The van der Waals surface area contributed by atoms with Crippen LogP contribution in [0.4, 0.5) is 0 Å². The van der Waals surface area contributed by atoms with E-state index >= 15 is 0 Å². The number of amides is 2. The molecule has 2 aliphatic heterocycles. The minimum Gasteiger partial charge on any atom is -0.497 e. The fourth-order valence-corrected chi connectivity index (χ4v) is 4.40. The van der Waals surface area contributed by atoms with E-state index in [-0.39, 0.29) is 18.4 Å². The molecule has 2 aliphatic rings. The molecular weight excluding hydrogens is 400 g/mol. The Bertz CT molecular complexity index is 1000. The molecule has 0 bridgehead atoms. The summed E-state index contributed by atoms with van der Waals surface area (Å²) in [6.07, 6.45) is 2.14. The topological polar surface area (TPSA) is 49.9 Å². The second-order valence-corrected chi connectivity index (χ2v) is 8.34. The zero-order valence-corrected chi connectivity index (χ0v) is 18.0. The van der Waals surface area contributed by atoms with Crippen molar-refractivity contribution in [3.05, 3.63) is 70.4 Å². The van der Waals surface area contributed by atoms with Gasteiger partial charge in [0.1, 0.15) is 11.4 Å². The number of hydrogen-bond acceptors (Lipinski definition) is 4. The second-order valence-electron chi connectivity index (χ2n) is 7.93. The summed E-state index contributed by atoms with van der Waals surface area (Å²) >= 11 is 6.30. The van der Waals surface area contributed by atoms with Crippen LogP contribution in [-0.2, 0) is 16.1 Å².